The molecule has 37 heavy (non-hydrogen) atoms. The van der Waals surface area contributed by atoms with Crippen LogP contribution in [0.4, 0.5) is 5.13 Å². The smallest absolute Gasteiger partial charge is 0.180 e. The van der Waals surface area contributed by atoms with Crippen LogP contribution in [0.15, 0.2) is 85.1 Å². The van der Waals surface area contributed by atoms with E-state index in [0.717, 1.165) is 58.7 Å². The summed E-state index contributed by atoms with van der Waals surface area (Å²) in [5, 5.41) is 1.19. The highest BCUT2D eigenvalue weighted by Crippen LogP contribution is 2.33. The second-order valence-electron chi connectivity index (χ2n) is 8.82. The molecule has 0 saturated carbocycles. The number of aromatic nitrogens is 3. The number of nitrogens with two attached hydrogens (primary N) is 1. The maximum Gasteiger partial charge on any atom is 0.180 e. The molecule has 0 radical (unpaired) electrons. The Bertz CT molecular complexity index is 1500. The lowest BCUT2D eigenvalue weighted by molar-refractivity contribution is 0.306. The van der Waals surface area contributed by atoms with Crippen molar-refractivity contribution in [1.82, 2.24) is 15.0 Å². The fourth-order valence-electron chi connectivity index (χ4n) is 4.12. The maximum atomic E-state index is 6.76. The number of anilines is 1. The molecule has 5 aromatic rings. The summed E-state index contributed by atoms with van der Waals surface area (Å²) in [5.41, 5.74) is 11.6. The lowest BCUT2D eigenvalue weighted by atomic mass is 10.1. The topological polar surface area (TPSA) is 73.9 Å². The molecule has 0 aliphatic carbocycles. The minimum Gasteiger partial charge on any atom is -0.489 e. The van der Waals surface area contributed by atoms with Crippen LogP contribution in [0.25, 0.3) is 22.6 Å². The van der Waals surface area contributed by atoms with Crippen LogP contribution in [0.3, 0.4) is 0 Å². The van der Waals surface area contributed by atoms with E-state index in [1.807, 2.05) is 72.9 Å². The molecule has 0 unspecified atom stereocenters. The van der Waals surface area contributed by atoms with E-state index >= 15 is 0 Å². The highest BCUT2D eigenvalue weighted by molar-refractivity contribution is 7.15. The molecular formula is C30H27ClN4OS. The molecular weight excluding hydrogens is 500 g/mol. The van der Waals surface area contributed by atoms with Crippen molar-refractivity contribution in [2.75, 3.05) is 5.73 Å². The van der Waals surface area contributed by atoms with Gasteiger partial charge < -0.3 is 10.5 Å². The van der Waals surface area contributed by atoms with Gasteiger partial charge in [-0.1, -0.05) is 66.2 Å². The van der Waals surface area contributed by atoms with E-state index in [2.05, 4.69) is 24.0 Å². The zero-order valence-corrected chi connectivity index (χ0v) is 22.1. The van der Waals surface area contributed by atoms with E-state index in [4.69, 9.17) is 32.0 Å². The van der Waals surface area contributed by atoms with Gasteiger partial charge in [0.15, 0.2) is 11.0 Å². The van der Waals surface area contributed by atoms with Gasteiger partial charge in [-0.15, -0.1) is 11.3 Å². The Morgan fingerprint density at radius 2 is 1.70 bits per heavy atom. The molecule has 0 spiro atoms. The van der Waals surface area contributed by atoms with Crippen LogP contribution in [0.2, 0.25) is 5.02 Å². The van der Waals surface area contributed by atoms with Crippen molar-refractivity contribution >= 4 is 28.1 Å². The van der Waals surface area contributed by atoms with Gasteiger partial charge in [0.2, 0.25) is 0 Å². The van der Waals surface area contributed by atoms with E-state index in [0.29, 0.717) is 22.6 Å². The third-order valence-electron chi connectivity index (χ3n) is 6.06. The minimum absolute atomic E-state index is 0.483. The van der Waals surface area contributed by atoms with Gasteiger partial charge in [-0.05, 0) is 61.6 Å². The molecule has 0 aliphatic rings. The summed E-state index contributed by atoms with van der Waals surface area (Å²) in [6.45, 7) is 2.56. The lowest BCUT2D eigenvalue weighted by Gasteiger charge is -2.12. The maximum absolute atomic E-state index is 6.76. The molecule has 5 nitrogen and oxygen atoms in total. The average molecular weight is 527 g/mol. The van der Waals surface area contributed by atoms with Gasteiger partial charge in [-0.3, -0.25) is 0 Å². The lowest BCUT2D eigenvalue weighted by Crippen LogP contribution is -2.01. The van der Waals surface area contributed by atoms with Crippen molar-refractivity contribution in [2.45, 2.75) is 32.8 Å². The van der Waals surface area contributed by atoms with Gasteiger partial charge in [0, 0.05) is 27.9 Å². The molecule has 186 valence electrons. The zero-order valence-electron chi connectivity index (χ0n) is 20.5. The standard InChI is InChI=1S/C30H27ClN4OS/c1-20-8-5-6-13-25(20)29-34-22(11-7-12-24-18-33-30(32)37-24)16-28(35-29)26-15-14-23(17-27(26)31)36-19-21-9-3-2-4-10-21/h2-6,8-10,13-18H,7,11-12,19H2,1H3,(H2,32,33). The summed E-state index contributed by atoms with van der Waals surface area (Å²) >= 11 is 8.29. The predicted octanol–water partition coefficient (Wildman–Crippen LogP) is 7.57. The first kappa shape index (κ1) is 24.9. The Labute approximate surface area is 226 Å². The van der Waals surface area contributed by atoms with E-state index < -0.39 is 0 Å². The number of hydrogen-bond acceptors (Lipinski definition) is 6. The molecule has 3 aromatic carbocycles. The highest BCUT2D eigenvalue weighted by Gasteiger charge is 2.14. The Balaban J connectivity index is 1.41. The number of halogens is 1. The molecule has 0 atom stereocenters. The number of ether oxygens (including phenoxy) is 1. The van der Waals surface area contributed by atoms with Gasteiger partial charge in [-0.25, -0.2) is 15.0 Å². The van der Waals surface area contributed by atoms with Crippen LogP contribution in [0.1, 0.15) is 28.1 Å². The number of nitrogen functional groups attached to an aromatic ring is 1. The van der Waals surface area contributed by atoms with Crippen LogP contribution in [0, 0.1) is 6.92 Å². The quantitative estimate of drug-likeness (QED) is 0.214. The summed E-state index contributed by atoms with van der Waals surface area (Å²) in [6, 6.07) is 26.0. The van der Waals surface area contributed by atoms with Gasteiger partial charge in [0.25, 0.3) is 0 Å². The second-order valence-corrected chi connectivity index (χ2v) is 10.4. The summed E-state index contributed by atoms with van der Waals surface area (Å²) in [5.74, 6) is 1.42. The monoisotopic (exact) mass is 526 g/mol. The molecule has 7 heteroatoms. The number of nitrogens with zero attached hydrogens (tertiary/aromatic N) is 3. The van der Waals surface area contributed by atoms with E-state index in [-0.39, 0.29) is 0 Å². The summed E-state index contributed by atoms with van der Waals surface area (Å²) in [4.78, 5) is 15.2. The fraction of sp³-hybridized carbons (Fsp3) is 0.167. The van der Waals surface area contributed by atoms with Crippen LogP contribution >= 0.6 is 22.9 Å². The van der Waals surface area contributed by atoms with Gasteiger partial charge in [0.1, 0.15) is 12.4 Å². The summed E-state index contributed by atoms with van der Waals surface area (Å²) < 4.78 is 5.96. The van der Waals surface area contributed by atoms with Crippen LogP contribution in [0.5, 0.6) is 5.75 Å². The Hall–Kier alpha value is -3.74. The molecule has 2 N–H and O–H groups in total. The van der Waals surface area contributed by atoms with E-state index in [1.165, 1.54) is 16.2 Å². The summed E-state index contributed by atoms with van der Waals surface area (Å²) in [6.07, 6.45) is 4.50. The first-order chi connectivity index (χ1) is 18.0. The SMILES string of the molecule is Cc1ccccc1-c1nc(CCCc2cnc(N)s2)cc(-c2ccc(OCc3ccccc3)cc2Cl)n1. The first-order valence-electron chi connectivity index (χ1n) is 12.2. The van der Waals surface area contributed by atoms with Crippen molar-refractivity contribution in [3.8, 4) is 28.4 Å². The van der Waals surface area contributed by atoms with Gasteiger partial charge in [0.05, 0.1) is 10.7 Å². The molecule has 0 fully saturated rings. The molecule has 5 rings (SSSR count). The normalized spacial score (nSPS) is 11.0. The van der Waals surface area contributed by atoms with Crippen molar-refractivity contribution in [3.05, 3.63) is 112 Å². The third-order valence-corrected chi connectivity index (χ3v) is 7.26. The Morgan fingerprint density at radius 3 is 2.46 bits per heavy atom. The Kier molecular flexibility index (Phi) is 7.78. The number of benzene rings is 3. The molecule has 2 aromatic heterocycles. The number of hydrogen-bond donors (Lipinski definition) is 1. The van der Waals surface area contributed by atoms with Crippen molar-refractivity contribution in [1.29, 1.82) is 0 Å². The molecule has 0 amide bonds. The number of aryl methyl sites for hydroxylation is 3. The summed E-state index contributed by atoms with van der Waals surface area (Å²) in [7, 11) is 0. The van der Waals surface area contributed by atoms with E-state index in [1.54, 1.807) is 0 Å². The average Bonchev–Trinajstić information content (AvgIpc) is 3.33. The van der Waals surface area contributed by atoms with Crippen molar-refractivity contribution < 1.29 is 4.74 Å². The second kappa shape index (κ2) is 11.5. The molecule has 0 bridgehead atoms. The van der Waals surface area contributed by atoms with Crippen LogP contribution < -0.4 is 10.5 Å². The first-order valence-corrected chi connectivity index (χ1v) is 13.4. The van der Waals surface area contributed by atoms with Crippen molar-refractivity contribution in [3.63, 3.8) is 0 Å². The van der Waals surface area contributed by atoms with Crippen LogP contribution in [-0.2, 0) is 19.4 Å². The van der Waals surface area contributed by atoms with Gasteiger partial charge in [-0.2, -0.15) is 0 Å². The minimum atomic E-state index is 0.483. The van der Waals surface area contributed by atoms with Crippen LogP contribution in [-0.4, -0.2) is 15.0 Å². The van der Waals surface area contributed by atoms with Crippen molar-refractivity contribution in [2.24, 2.45) is 0 Å². The molecule has 0 aliphatic heterocycles. The third kappa shape index (κ3) is 6.34. The highest BCUT2D eigenvalue weighted by atomic mass is 35.5. The fourth-order valence-corrected chi connectivity index (χ4v) is 5.12. The predicted molar refractivity (Wildman–Crippen MR) is 152 cm³/mol. The van der Waals surface area contributed by atoms with Gasteiger partial charge >= 0.3 is 0 Å². The number of rotatable bonds is 9. The number of thiazole rings is 1. The molecule has 2 heterocycles. The molecule has 0 saturated heterocycles. The van der Waals surface area contributed by atoms with E-state index in [9.17, 15) is 0 Å². The Morgan fingerprint density at radius 1 is 0.892 bits per heavy atom. The zero-order chi connectivity index (χ0) is 25.6. The largest absolute Gasteiger partial charge is 0.489 e.